The second-order valence-corrected chi connectivity index (χ2v) is 17.6. The molecular weight excluding hydrogens is 500 g/mol. The van der Waals surface area contributed by atoms with Crippen LogP contribution in [0.2, 0.25) is 25.7 Å². The van der Waals surface area contributed by atoms with E-state index in [1.807, 2.05) is 66.7 Å². The molecule has 0 radical (unpaired) electrons. The number of benzene rings is 3. The van der Waals surface area contributed by atoms with Gasteiger partial charge in [-0.1, -0.05) is 98.5 Å². The van der Waals surface area contributed by atoms with Crippen molar-refractivity contribution in [2.24, 2.45) is 0 Å². The summed E-state index contributed by atoms with van der Waals surface area (Å²) in [5.74, 6) is 0.143. The third-order valence-corrected chi connectivity index (χ3v) is 9.49. The van der Waals surface area contributed by atoms with Crippen LogP contribution in [-0.2, 0) is 23.2 Å². The zero-order chi connectivity index (χ0) is 26.5. The first-order valence-electron chi connectivity index (χ1n) is 12.4. The second kappa shape index (κ2) is 11.3. The molecule has 0 spiro atoms. The Balaban J connectivity index is 1.62. The fourth-order valence-corrected chi connectivity index (χ4v) is 6.43. The number of anilines is 1. The molecule has 4 rings (SSSR count). The summed E-state index contributed by atoms with van der Waals surface area (Å²) >= 11 is 0. The lowest BCUT2D eigenvalue weighted by atomic mass is 10.1. The molecule has 0 saturated carbocycles. The van der Waals surface area contributed by atoms with Crippen molar-refractivity contribution in [1.29, 1.82) is 0 Å². The van der Waals surface area contributed by atoms with Crippen LogP contribution >= 0.6 is 0 Å². The molecular formula is C29H34N2O4SSi. The third kappa shape index (κ3) is 6.84. The highest BCUT2D eigenvalue weighted by Gasteiger charge is 2.39. The summed E-state index contributed by atoms with van der Waals surface area (Å²) in [4.78, 5) is 0. The summed E-state index contributed by atoms with van der Waals surface area (Å²) in [6, 6.07) is 26.1. The van der Waals surface area contributed by atoms with Crippen molar-refractivity contribution in [2.75, 3.05) is 10.8 Å². The normalized spacial score (nSPS) is 15.3. The fraction of sp³-hybridized carbons (Fsp3) is 0.241. The van der Waals surface area contributed by atoms with Crippen LogP contribution in [0.1, 0.15) is 16.7 Å². The van der Waals surface area contributed by atoms with Crippen molar-refractivity contribution in [3.05, 3.63) is 114 Å². The zero-order valence-corrected chi connectivity index (χ0v) is 23.4. The van der Waals surface area contributed by atoms with E-state index in [1.54, 1.807) is 6.07 Å². The van der Waals surface area contributed by atoms with E-state index in [9.17, 15) is 13.5 Å². The summed E-state index contributed by atoms with van der Waals surface area (Å²) in [6.45, 7) is 7.06. The second-order valence-electron chi connectivity index (χ2n) is 10.3. The Morgan fingerprint density at radius 3 is 2.22 bits per heavy atom. The van der Waals surface area contributed by atoms with Crippen LogP contribution in [0.25, 0.3) is 6.08 Å². The summed E-state index contributed by atoms with van der Waals surface area (Å²) in [7, 11) is -5.50. The van der Waals surface area contributed by atoms with Gasteiger partial charge in [0.25, 0.3) is 0 Å². The Bertz CT molecular complexity index is 1370. The van der Waals surface area contributed by atoms with Crippen molar-refractivity contribution in [3.8, 4) is 5.75 Å². The molecule has 0 fully saturated rings. The van der Waals surface area contributed by atoms with Crippen molar-refractivity contribution >= 4 is 30.0 Å². The number of aliphatic hydroxyl groups is 1. The lowest BCUT2D eigenvalue weighted by Gasteiger charge is -2.25. The highest BCUT2D eigenvalue weighted by atomic mass is 32.2. The smallest absolute Gasteiger partial charge is 0.332 e. The Morgan fingerprint density at radius 1 is 0.919 bits per heavy atom. The molecule has 0 saturated heterocycles. The number of rotatable bonds is 10. The zero-order valence-electron chi connectivity index (χ0n) is 21.5. The largest absolute Gasteiger partial charge is 0.493 e. The summed E-state index contributed by atoms with van der Waals surface area (Å²) in [5.41, 5.74) is 3.43. The highest BCUT2D eigenvalue weighted by molar-refractivity contribution is 7.91. The Morgan fingerprint density at radius 2 is 1.57 bits per heavy atom. The van der Waals surface area contributed by atoms with E-state index in [-0.39, 0.29) is 19.0 Å². The number of hydrogen-bond acceptors (Lipinski definition) is 4. The van der Waals surface area contributed by atoms with Gasteiger partial charge in [0.15, 0.2) is 0 Å². The predicted octanol–water partition coefficient (Wildman–Crippen LogP) is 6.58. The average Bonchev–Trinajstić information content (AvgIpc) is 3.09. The van der Waals surface area contributed by atoms with Gasteiger partial charge in [-0.3, -0.25) is 0 Å². The van der Waals surface area contributed by atoms with Crippen LogP contribution in [0.3, 0.4) is 0 Å². The van der Waals surface area contributed by atoms with E-state index < -0.39 is 18.3 Å². The van der Waals surface area contributed by atoms with E-state index in [0.29, 0.717) is 11.4 Å². The minimum Gasteiger partial charge on any atom is -0.493 e. The van der Waals surface area contributed by atoms with E-state index in [0.717, 1.165) is 32.2 Å². The SMILES string of the molecule is C[Si](C)(C)CCN1C(O)=CN(c2ccc(C=CCc3ccccc3)cc2OCc2ccccc2)S1(=O)=O. The molecule has 37 heavy (non-hydrogen) atoms. The molecule has 0 aliphatic carbocycles. The van der Waals surface area contributed by atoms with Gasteiger partial charge >= 0.3 is 10.2 Å². The standard InChI is InChI=1S/C29H34N2O4SSi/c1-37(2,3)20-19-30-29(32)22-31(36(30,33)34)27-18-17-25(16-10-15-24-11-6-4-7-12-24)21-28(27)35-23-26-13-8-5-9-14-26/h4-14,16-18,21-22,32H,15,19-20,23H2,1-3H3. The highest BCUT2D eigenvalue weighted by Crippen LogP contribution is 2.37. The lowest BCUT2D eigenvalue weighted by Crippen LogP contribution is -2.37. The minimum atomic E-state index is -3.98. The average molecular weight is 535 g/mol. The fourth-order valence-electron chi connectivity index (χ4n) is 3.93. The van der Waals surface area contributed by atoms with Crippen LogP contribution in [0, 0.1) is 0 Å². The van der Waals surface area contributed by atoms with Crippen LogP contribution < -0.4 is 9.04 Å². The van der Waals surface area contributed by atoms with Gasteiger partial charge in [0.1, 0.15) is 18.0 Å². The summed E-state index contributed by atoms with van der Waals surface area (Å²) in [6.07, 6.45) is 6.11. The first-order chi connectivity index (χ1) is 17.6. The van der Waals surface area contributed by atoms with E-state index >= 15 is 0 Å². The maximum atomic E-state index is 13.4. The van der Waals surface area contributed by atoms with Crippen LogP contribution in [-0.4, -0.2) is 32.4 Å². The predicted molar refractivity (Wildman–Crippen MR) is 153 cm³/mol. The van der Waals surface area contributed by atoms with Crippen molar-refractivity contribution in [2.45, 2.75) is 38.7 Å². The molecule has 3 aromatic rings. The molecule has 0 unspecified atom stereocenters. The van der Waals surface area contributed by atoms with Crippen molar-refractivity contribution < 1.29 is 18.3 Å². The van der Waals surface area contributed by atoms with Crippen molar-refractivity contribution in [1.82, 2.24) is 4.31 Å². The molecule has 1 heterocycles. The molecule has 0 atom stereocenters. The van der Waals surface area contributed by atoms with Gasteiger partial charge in [-0.05, 0) is 41.3 Å². The van der Waals surface area contributed by atoms with Gasteiger partial charge < -0.3 is 9.84 Å². The Hall–Kier alpha value is -3.49. The van der Waals surface area contributed by atoms with Gasteiger partial charge in [-0.25, -0.2) is 8.61 Å². The molecule has 8 heteroatoms. The minimum absolute atomic E-state index is 0.247. The van der Waals surface area contributed by atoms with E-state index in [4.69, 9.17) is 4.74 Å². The quantitative estimate of drug-likeness (QED) is 0.298. The van der Waals surface area contributed by atoms with Crippen LogP contribution in [0.5, 0.6) is 5.75 Å². The van der Waals surface area contributed by atoms with E-state index in [1.165, 1.54) is 11.8 Å². The maximum Gasteiger partial charge on any atom is 0.332 e. The molecule has 1 aliphatic heterocycles. The number of ether oxygens (including phenoxy) is 1. The molecule has 0 bridgehead atoms. The van der Waals surface area contributed by atoms with Gasteiger partial charge in [0.2, 0.25) is 5.88 Å². The number of hydrogen-bond donors (Lipinski definition) is 1. The molecule has 0 amide bonds. The van der Waals surface area contributed by atoms with Gasteiger partial charge in [-0.15, -0.1) is 0 Å². The van der Waals surface area contributed by atoms with Crippen LogP contribution in [0.15, 0.2) is 97.0 Å². The first-order valence-corrected chi connectivity index (χ1v) is 17.5. The van der Waals surface area contributed by atoms with E-state index in [2.05, 4.69) is 37.8 Å². The Kier molecular flexibility index (Phi) is 8.09. The van der Waals surface area contributed by atoms with Gasteiger partial charge in [0.05, 0.1) is 6.20 Å². The number of nitrogens with zero attached hydrogens (tertiary/aromatic N) is 2. The molecule has 194 valence electrons. The lowest BCUT2D eigenvalue weighted by molar-refractivity contribution is 0.294. The van der Waals surface area contributed by atoms with Gasteiger partial charge in [-0.2, -0.15) is 8.42 Å². The number of aliphatic hydroxyl groups excluding tert-OH is 1. The van der Waals surface area contributed by atoms with Gasteiger partial charge in [0, 0.05) is 14.6 Å². The molecule has 1 aliphatic rings. The molecule has 1 N–H and O–H groups in total. The monoisotopic (exact) mass is 534 g/mol. The van der Waals surface area contributed by atoms with Crippen LogP contribution in [0.4, 0.5) is 5.69 Å². The third-order valence-electron chi connectivity index (χ3n) is 6.05. The first kappa shape index (κ1) is 26.6. The molecule has 6 nitrogen and oxygen atoms in total. The number of allylic oxidation sites excluding steroid dienone is 1. The summed E-state index contributed by atoms with van der Waals surface area (Å²) in [5, 5.41) is 10.6. The molecule has 3 aromatic carbocycles. The summed E-state index contributed by atoms with van der Waals surface area (Å²) < 4.78 is 35.2. The topological polar surface area (TPSA) is 70.1 Å². The Labute approximate surface area is 221 Å². The maximum absolute atomic E-state index is 13.4. The molecule has 0 aromatic heterocycles. The van der Waals surface area contributed by atoms with Crippen molar-refractivity contribution in [3.63, 3.8) is 0 Å².